The number of sulfonamides is 1. The van der Waals surface area contributed by atoms with E-state index in [1.807, 2.05) is 0 Å². The Morgan fingerprint density at radius 1 is 0.774 bits per heavy atom. The second-order valence-electron chi connectivity index (χ2n) is 6.96. The highest BCUT2D eigenvalue weighted by atomic mass is 32.2. The number of nitrogens with zero attached hydrogens (tertiary/aromatic N) is 2. The molecule has 0 saturated heterocycles. The second kappa shape index (κ2) is 7.81. The summed E-state index contributed by atoms with van der Waals surface area (Å²) < 4.78 is 27.4. The molecule has 0 radical (unpaired) electrons. The van der Waals surface area contributed by atoms with Crippen LogP contribution < -0.4 is 4.31 Å². The van der Waals surface area contributed by atoms with Crippen LogP contribution in [0.3, 0.4) is 0 Å². The van der Waals surface area contributed by atoms with Crippen LogP contribution in [-0.4, -0.2) is 37.1 Å². The number of rotatable bonds is 5. The Hall–Kier alpha value is -3.78. The van der Waals surface area contributed by atoms with Crippen molar-refractivity contribution in [1.29, 1.82) is 0 Å². The Morgan fingerprint density at radius 3 is 1.74 bits per heavy atom. The minimum Gasteiger partial charge on any atom is -0.271 e. The average molecular weight is 434 g/mol. The summed E-state index contributed by atoms with van der Waals surface area (Å²) in [7, 11) is -4.30. The molecule has 0 fully saturated rings. The van der Waals surface area contributed by atoms with E-state index >= 15 is 0 Å². The normalized spacial score (nSPS) is 14.3. The van der Waals surface area contributed by atoms with E-state index in [4.69, 9.17) is 0 Å². The number of para-hydroxylation sites is 1. The molecule has 3 aromatic rings. The van der Waals surface area contributed by atoms with Crippen LogP contribution in [0, 0.1) is 0 Å². The lowest BCUT2D eigenvalue weighted by Gasteiger charge is -2.29. The van der Waals surface area contributed by atoms with E-state index in [0.717, 1.165) is 4.90 Å². The molecule has 8 heteroatoms. The Bertz CT molecular complexity index is 1240. The predicted octanol–water partition coefficient (Wildman–Crippen LogP) is 3.09. The van der Waals surface area contributed by atoms with Crippen molar-refractivity contribution in [1.82, 2.24) is 4.90 Å². The Labute approximate surface area is 179 Å². The first-order valence-corrected chi connectivity index (χ1v) is 10.9. The number of fused-ring (bicyclic) bond motifs is 1. The monoisotopic (exact) mass is 434 g/mol. The highest BCUT2D eigenvalue weighted by molar-refractivity contribution is 7.93. The Balaban J connectivity index is 1.77. The molecule has 1 unspecified atom stereocenters. The van der Waals surface area contributed by atoms with Crippen LogP contribution in [0.25, 0.3) is 0 Å². The molecular weight excluding hydrogens is 416 g/mol. The maximum Gasteiger partial charge on any atom is 0.270 e. The third kappa shape index (κ3) is 3.40. The average Bonchev–Trinajstić information content (AvgIpc) is 3.05. The first-order chi connectivity index (χ1) is 14.8. The number of carbonyl (C=O) groups excluding carboxylic acids is 3. The van der Waals surface area contributed by atoms with Gasteiger partial charge in [0.05, 0.1) is 21.7 Å². The molecule has 7 nitrogen and oxygen atoms in total. The molecule has 3 amide bonds. The number of hydrogen-bond acceptors (Lipinski definition) is 5. The van der Waals surface area contributed by atoms with Gasteiger partial charge in [0, 0.05) is 0 Å². The van der Waals surface area contributed by atoms with Crippen molar-refractivity contribution >= 4 is 33.4 Å². The Morgan fingerprint density at radius 2 is 1.23 bits per heavy atom. The summed E-state index contributed by atoms with van der Waals surface area (Å²) >= 11 is 0. The van der Waals surface area contributed by atoms with Gasteiger partial charge < -0.3 is 0 Å². The van der Waals surface area contributed by atoms with Crippen molar-refractivity contribution in [3.63, 3.8) is 0 Å². The summed E-state index contributed by atoms with van der Waals surface area (Å²) in [5, 5.41) is 0. The van der Waals surface area contributed by atoms with Gasteiger partial charge in [0.25, 0.3) is 27.7 Å². The molecule has 0 N–H and O–H groups in total. The van der Waals surface area contributed by atoms with E-state index in [1.54, 1.807) is 48.5 Å². The van der Waals surface area contributed by atoms with Gasteiger partial charge in [-0.1, -0.05) is 48.5 Å². The maximum atomic E-state index is 13.5. The number of amides is 3. The van der Waals surface area contributed by atoms with Crippen molar-refractivity contribution in [3.05, 3.63) is 96.1 Å². The number of benzene rings is 3. The van der Waals surface area contributed by atoms with Crippen LogP contribution in [-0.2, 0) is 14.8 Å². The van der Waals surface area contributed by atoms with Crippen LogP contribution in [0.5, 0.6) is 0 Å². The van der Waals surface area contributed by atoms with Gasteiger partial charge in [-0.3, -0.25) is 19.3 Å². The molecule has 1 heterocycles. The molecule has 4 rings (SSSR count). The van der Waals surface area contributed by atoms with Crippen LogP contribution in [0.1, 0.15) is 27.6 Å². The summed E-state index contributed by atoms with van der Waals surface area (Å²) in [6, 6.07) is 20.3. The number of hydrogen-bond donors (Lipinski definition) is 0. The number of carbonyl (C=O) groups is 3. The van der Waals surface area contributed by atoms with Gasteiger partial charge in [-0.05, 0) is 43.3 Å². The third-order valence-corrected chi connectivity index (χ3v) is 6.78. The van der Waals surface area contributed by atoms with Gasteiger partial charge in [0.2, 0.25) is 0 Å². The van der Waals surface area contributed by atoms with Crippen molar-refractivity contribution in [2.75, 3.05) is 4.31 Å². The van der Waals surface area contributed by atoms with Gasteiger partial charge in [-0.25, -0.2) is 12.7 Å². The minimum atomic E-state index is -4.30. The molecule has 1 atom stereocenters. The first-order valence-electron chi connectivity index (χ1n) is 9.50. The zero-order chi connectivity index (χ0) is 22.2. The molecule has 0 bridgehead atoms. The number of imide groups is 1. The smallest absolute Gasteiger partial charge is 0.270 e. The van der Waals surface area contributed by atoms with E-state index < -0.39 is 33.8 Å². The predicted molar refractivity (Wildman–Crippen MR) is 114 cm³/mol. The van der Waals surface area contributed by atoms with Crippen LogP contribution in [0.2, 0.25) is 0 Å². The lowest BCUT2D eigenvalue weighted by molar-refractivity contribution is -0.120. The molecule has 1 aliphatic rings. The SMILES string of the molecule is CC(C(=O)N(c1ccccc1)S(=O)(=O)c1ccccc1)N1C(=O)c2ccccc2C1=O. The zero-order valence-corrected chi connectivity index (χ0v) is 17.3. The topological polar surface area (TPSA) is 91.8 Å². The summed E-state index contributed by atoms with van der Waals surface area (Å²) in [6.45, 7) is 1.35. The molecular formula is C23H18N2O5S. The van der Waals surface area contributed by atoms with Gasteiger partial charge in [0.1, 0.15) is 6.04 Å². The quantitative estimate of drug-likeness (QED) is 0.576. The molecule has 0 aliphatic carbocycles. The summed E-state index contributed by atoms with van der Waals surface area (Å²) in [5.74, 6) is -2.18. The highest BCUT2D eigenvalue weighted by Crippen LogP contribution is 2.29. The minimum absolute atomic E-state index is 0.0817. The zero-order valence-electron chi connectivity index (χ0n) is 16.5. The fraction of sp³-hybridized carbons (Fsp3) is 0.0870. The van der Waals surface area contributed by atoms with Gasteiger partial charge in [-0.15, -0.1) is 0 Å². The van der Waals surface area contributed by atoms with Gasteiger partial charge in [-0.2, -0.15) is 0 Å². The van der Waals surface area contributed by atoms with Crippen molar-refractivity contribution in [2.24, 2.45) is 0 Å². The van der Waals surface area contributed by atoms with Gasteiger partial charge >= 0.3 is 0 Å². The fourth-order valence-corrected chi connectivity index (χ4v) is 4.99. The second-order valence-corrected chi connectivity index (χ2v) is 8.74. The summed E-state index contributed by atoms with van der Waals surface area (Å²) in [5.41, 5.74) is 0.480. The highest BCUT2D eigenvalue weighted by Gasteiger charge is 2.44. The molecule has 3 aromatic carbocycles. The van der Waals surface area contributed by atoms with E-state index in [1.165, 1.54) is 43.3 Å². The van der Waals surface area contributed by atoms with E-state index in [2.05, 4.69) is 0 Å². The summed E-state index contributed by atoms with van der Waals surface area (Å²) in [6.07, 6.45) is 0. The van der Waals surface area contributed by atoms with E-state index in [9.17, 15) is 22.8 Å². The van der Waals surface area contributed by atoms with Gasteiger partial charge in [0.15, 0.2) is 0 Å². The van der Waals surface area contributed by atoms with Crippen molar-refractivity contribution in [2.45, 2.75) is 17.9 Å². The van der Waals surface area contributed by atoms with Crippen LogP contribution >= 0.6 is 0 Å². The van der Waals surface area contributed by atoms with E-state index in [0.29, 0.717) is 4.31 Å². The molecule has 31 heavy (non-hydrogen) atoms. The molecule has 1 aliphatic heterocycles. The fourth-order valence-electron chi connectivity index (χ4n) is 3.49. The lowest BCUT2D eigenvalue weighted by atomic mass is 10.1. The van der Waals surface area contributed by atoms with E-state index in [-0.39, 0.29) is 21.7 Å². The molecule has 0 aromatic heterocycles. The van der Waals surface area contributed by atoms with Crippen molar-refractivity contribution in [3.8, 4) is 0 Å². The third-order valence-electron chi connectivity index (χ3n) is 5.04. The molecule has 156 valence electrons. The number of anilines is 1. The standard InChI is InChI=1S/C23H18N2O5S/c1-16(24-22(27)19-14-8-9-15-20(19)23(24)28)21(26)25(17-10-4-2-5-11-17)31(29,30)18-12-6-3-7-13-18/h2-16H,1H3. The van der Waals surface area contributed by atoms with Crippen LogP contribution in [0.15, 0.2) is 89.8 Å². The lowest BCUT2D eigenvalue weighted by Crippen LogP contribution is -2.51. The molecule has 0 saturated carbocycles. The van der Waals surface area contributed by atoms with Crippen LogP contribution in [0.4, 0.5) is 5.69 Å². The largest absolute Gasteiger partial charge is 0.271 e. The molecule has 0 spiro atoms. The maximum absolute atomic E-state index is 13.5. The Kier molecular flexibility index (Phi) is 5.16. The van der Waals surface area contributed by atoms with Crippen molar-refractivity contribution < 1.29 is 22.8 Å². The first kappa shape index (κ1) is 20.5. The summed E-state index contributed by atoms with van der Waals surface area (Å²) in [4.78, 5) is 39.9.